The van der Waals surface area contributed by atoms with Gasteiger partial charge in [0, 0.05) is 11.6 Å². The molecule has 2 aromatic heterocycles. The van der Waals surface area contributed by atoms with Crippen LogP contribution in [0.15, 0.2) is 63.7 Å². The summed E-state index contributed by atoms with van der Waals surface area (Å²) in [4.78, 5) is 23.4. The van der Waals surface area contributed by atoms with Crippen molar-refractivity contribution in [3.8, 4) is 11.3 Å². The van der Waals surface area contributed by atoms with Crippen LogP contribution in [0.25, 0.3) is 11.3 Å². The molecular formula is C18H18N4O4. The standard InChI is InChI=1S/C18H18N4O4/c23-17(12-21-18(24)20-10-14-7-4-8-25-14)19-11-15-9-16(22-26-15)13-5-2-1-3-6-13/h1-9H,10-12H2,(H,19,23)(H2,20,21,24). The number of rotatable bonds is 7. The number of carbonyl (C=O) groups excluding carboxylic acids is 2. The highest BCUT2D eigenvalue weighted by molar-refractivity contribution is 5.83. The summed E-state index contributed by atoms with van der Waals surface area (Å²) in [5.74, 6) is 0.819. The Labute approximate surface area is 149 Å². The molecule has 8 nitrogen and oxygen atoms in total. The Morgan fingerprint density at radius 1 is 0.923 bits per heavy atom. The largest absolute Gasteiger partial charge is 0.467 e. The van der Waals surface area contributed by atoms with E-state index < -0.39 is 6.03 Å². The van der Waals surface area contributed by atoms with Gasteiger partial charge in [0.15, 0.2) is 5.76 Å². The van der Waals surface area contributed by atoms with Crippen molar-refractivity contribution < 1.29 is 18.5 Å². The molecule has 0 saturated heterocycles. The topological polar surface area (TPSA) is 109 Å². The van der Waals surface area contributed by atoms with Crippen LogP contribution >= 0.6 is 0 Å². The quantitative estimate of drug-likeness (QED) is 0.602. The fourth-order valence-electron chi connectivity index (χ4n) is 2.19. The van der Waals surface area contributed by atoms with Gasteiger partial charge < -0.3 is 24.9 Å². The van der Waals surface area contributed by atoms with E-state index in [-0.39, 0.29) is 25.5 Å². The smallest absolute Gasteiger partial charge is 0.315 e. The summed E-state index contributed by atoms with van der Waals surface area (Å²) in [5, 5.41) is 11.7. The van der Waals surface area contributed by atoms with Crippen molar-refractivity contribution >= 4 is 11.9 Å². The van der Waals surface area contributed by atoms with Crippen molar-refractivity contribution in [2.24, 2.45) is 0 Å². The molecule has 0 spiro atoms. The molecule has 26 heavy (non-hydrogen) atoms. The molecule has 0 fully saturated rings. The number of hydrogen-bond acceptors (Lipinski definition) is 5. The van der Waals surface area contributed by atoms with E-state index in [9.17, 15) is 9.59 Å². The van der Waals surface area contributed by atoms with E-state index >= 15 is 0 Å². The summed E-state index contributed by atoms with van der Waals surface area (Å²) in [7, 11) is 0. The zero-order valence-electron chi connectivity index (χ0n) is 13.9. The van der Waals surface area contributed by atoms with Gasteiger partial charge in [-0.2, -0.15) is 0 Å². The van der Waals surface area contributed by atoms with Crippen molar-refractivity contribution in [2.45, 2.75) is 13.1 Å². The number of urea groups is 1. The lowest BCUT2D eigenvalue weighted by atomic mass is 10.1. The molecule has 134 valence electrons. The van der Waals surface area contributed by atoms with Gasteiger partial charge >= 0.3 is 6.03 Å². The first kappa shape index (κ1) is 17.3. The van der Waals surface area contributed by atoms with E-state index in [1.807, 2.05) is 30.3 Å². The lowest BCUT2D eigenvalue weighted by Gasteiger charge is -2.06. The number of amides is 3. The monoisotopic (exact) mass is 354 g/mol. The molecule has 0 aliphatic carbocycles. The van der Waals surface area contributed by atoms with Crippen LogP contribution < -0.4 is 16.0 Å². The van der Waals surface area contributed by atoms with Crippen LogP contribution in [-0.4, -0.2) is 23.6 Å². The maximum Gasteiger partial charge on any atom is 0.315 e. The molecule has 1 aromatic carbocycles. The maximum absolute atomic E-state index is 11.8. The number of benzene rings is 1. The highest BCUT2D eigenvalue weighted by atomic mass is 16.5. The molecule has 3 N–H and O–H groups in total. The number of aromatic nitrogens is 1. The molecule has 3 amide bonds. The third-order valence-electron chi connectivity index (χ3n) is 3.50. The van der Waals surface area contributed by atoms with E-state index in [1.165, 1.54) is 6.26 Å². The minimum Gasteiger partial charge on any atom is -0.467 e. The first-order chi connectivity index (χ1) is 12.7. The Hall–Kier alpha value is -3.55. The van der Waals surface area contributed by atoms with Gasteiger partial charge in [0.1, 0.15) is 11.5 Å². The second kappa shape index (κ2) is 8.52. The Bertz CT molecular complexity index is 843. The Morgan fingerprint density at radius 3 is 2.50 bits per heavy atom. The minimum absolute atomic E-state index is 0.149. The maximum atomic E-state index is 11.8. The van der Waals surface area contributed by atoms with Crippen LogP contribution in [0.2, 0.25) is 0 Å². The highest BCUT2D eigenvalue weighted by Gasteiger charge is 2.09. The van der Waals surface area contributed by atoms with Gasteiger partial charge in [0.2, 0.25) is 5.91 Å². The number of furan rings is 1. The molecule has 3 aromatic rings. The molecular weight excluding hydrogens is 336 g/mol. The SMILES string of the molecule is O=C(CNC(=O)NCc1ccco1)NCc1cc(-c2ccccc2)no1. The zero-order chi connectivity index (χ0) is 18.2. The number of carbonyl (C=O) groups is 2. The second-order valence-corrected chi connectivity index (χ2v) is 5.44. The molecule has 0 aliphatic rings. The molecule has 0 unspecified atom stereocenters. The fourth-order valence-corrected chi connectivity index (χ4v) is 2.19. The lowest BCUT2D eigenvalue weighted by molar-refractivity contribution is -0.120. The van der Waals surface area contributed by atoms with Gasteiger partial charge in [-0.05, 0) is 12.1 Å². The molecule has 0 saturated carbocycles. The average Bonchev–Trinajstić information content (AvgIpc) is 3.35. The molecule has 2 heterocycles. The Kier molecular flexibility index (Phi) is 5.66. The Balaban J connectivity index is 1.37. The fraction of sp³-hybridized carbons (Fsp3) is 0.167. The summed E-state index contributed by atoms with van der Waals surface area (Å²) < 4.78 is 10.3. The van der Waals surface area contributed by atoms with E-state index in [2.05, 4.69) is 21.1 Å². The van der Waals surface area contributed by atoms with Crippen molar-refractivity contribution in [1.82, 2.24) is 21.1 Å². The molecule has 0 radical (unpaired) electrons. The van der Waals surface area contributed by atoms with Crippen molar-refractivity contribution in [1.29, 1.82) is 0 Å². The predicted molar refractivity (Wildman–Crippen MR) is 92.7 cm³/mol. The average molecular weight is 354 g/mol. The third kappa shape index (κ3) is 4.97. The Morgan fingerprint density at radius 2 is 1.73 bits per heavy atom. The van der Waals surface area contributed by atoms with Crippen LogP contribution in [0.4, 0.5) is 4.79 Å². The molecule has 0 atom stereocenters. The van der Waals surface area contributed by atoms with E-state index in [0.717, 1.165) is 5.56 Å². The summed E-state index contributed by atoms with van der Waals surface area (Å²) in [5.41, 5.74) is 1.63. The molecule has 0 aliphatic heterocycles. The van der Waals surface area contributed by atoms with Gasteiger partial charge in [0.05, 0.1) is 25.9 Å². The first-order valence-corrected chi connectivity index (χ1v) is 8.02. The summed E-state index contributed by atoms with van der Waals surface area (Å²) >= 11 is 0. The van der Waals surface area contributed by atoms with Gasteiger partial charge in [-0.15, -0.1) is 0 Å². The zero-order valence-corrected chi connectivity index (χ0v) is 13.9. The number of nitrogens with zero attached hydrogens (tertiary/aromatic N) is 1. The van der Waals surface area contributed by atoms with Crippen LogP contribution in [0.3, 0.4) is 0 Å². The van der Waals surface area contributed by atoms with Gasteiger partial charge in [-0.1, -0.05) is 35.5 Å². The van der Waals surface area contributed by atoms with E-state index in [0.29, 0.717) is 17.2 Å². The minimum atomic E-state index is -0.456. The second-order valence-electron chi connectivity index (χ2n) is 5.44. The predicted octanol–water partition coefficient (Wildman–Crippen LogP) is 2.05. The van der Waals surface area contributed by atoms with Crippen molar-refractivity contribution in [3.63, 3.8) is 0 Å². The van der Waals surface area contributed by atoms with E-state index in [4.69, 9.17) is 8.94 Å². The third-order valence-corrected chi connectivity index (χ3v) is 3.50. The van der Waals surface area contributed by atoms with Crippen molar-refractivity contribution in [3.05, 3.63) is 66.3 Å². The van der Waals surface area contributed by atoms with Crippen LogP contribution in [0.5, 0.6) is 0 Å². The van der Waals surface area contributed by atoms with Crippen LogP contribution in [0.1, 0.15) is 11.5 Å². The van der Waals surface area contributed by atoms with Crippen LogP contribution in [-0.2, 0) is 17.9 Å². The van der Waals surface area contributed by atoms with Gasteiger partial charge in [-0.3, -0.25) is 4.79 Å². The summed E-state index contributed by atoms with van der Waals surface area (Å²) in [6, 6.07) is 14.4. The van der Waals surface area contributed by atoms with Gasteiger partial charge in [-0.25, -0.2) is 4.79 Å². The highest BCUT2D eigenvalue weighted by Crippen LogP contribution is 2.18. The van der Waals surface area contributed by atoms with Crippen LogP contribution in [0, 0.1) is 0 Å². The first-order valence-electron chi connectivity index (χ1n) is 8.02. The number of hydrogen-bond donors (Lipinski definition) is 3. The van der Waals surface area contributed by atoms with Crippen molar-refractivity contribution in [2.75, 3.05) is 6.54 Å². The summed E-state index contributed by atoms with van der Waals surface area (Å²) in [6.07, 6.45) is 1.52. The number of nitrogens with one attached hydrogen (secondary N) is 3. The van der Waals surface area contributed by atoms with E-state index in [1.54, 1.807) is 18.2 Å². The normalized spacial score (nSPS) is 10.3. The molecule has 0 bridgehead atoms. The lowest BCUT2D eigenvalue weighted by Crippen LogP contribution is -2.41. The molecule has 8 heteroatoms. The van der Waals surface area contributed by atoms with Gasteiger partial charge in [0.25, 0.3) is 0 Å². The summed E-state index contributed by atoms with van der Waals surface area (Å²) in [6.45, 7) is 0.290. The molecule has 3 rings (SSSR count).